The Morgan fingerprint density at radius 3 is 2.41 bits per heavy atom. The van der Waals surface area contributed by atoms with Crippen LogP contribution in [-0.4, -0.2) is 48.9 Å². The third-order valence-corrected chi connectivity index (χ3v) is 3.66. The Morgan fingerprint density at radius 1 is 1.14 bits per heavy atom. The van der Waals surface area contributed by atoms with Crippen molar-refractivity contribution in [3.05, 3.63) is 35.4 Å². The normalized spacial score (nSPS) is 30.9. The van der Waals surface area contributed by atoms with Crippen LogP contribution in [0.5, 0.6) is 0 Å². The van der Waals surface area contributed by atoms with Crippen LogP contribution in [0, 0.1) is 0 Å². The molecule has 3 rings (SSSR count). The molecule has 22 heavy (non-hydrogen) atoms. The number of hydrogen-bond donors (Lipinski definition) is 1. The van der Waals surface area contributed by atoms with Crippen LogP contribution in [0.25, 0.3) is 0 Å². The first-order valence-corrected chi connectivity index (χ1v) is 6.54. The van der Waals surface area contributed by atoms with Gasteiger partial charge in [0.05, 0.1) is 11.1 Å². The maximum absolute atomic E-state index is 14.6. The third-order valence-electron chi connectivity index (χ3n) is 3.66. The monoisotopic (exact) mass is 309 g/mol. The molecule has 1 fully saturated rings. The summed E-state index contributed by atoms with van der Waals surface area (Å²) in [7, 11) is 0. The lowest BCUT2D eigenvalue weighted by Gasteiger charge is -2.23. The fourth-order valence-electron chi connectivity index (χ4n) is 2.45. The van der Waals surface area contributed by atoms with Gasteiger partial charge in [-0.2, -0.15) is 0 Å². The maximum atomic E-state index is 14.6. The van der Waals surface area contributed by atoms with E-state index in [-0.39, 0.29) is 11.1 Å². The second-order valence-corrected chi connectivity index (χ2v) is 4.98. The first kappa shape index (κ1) is 14.5. The number of nitrogens with two attached hydrogens (primary N) is 1. The molecular weight excluding hydrogens is 297 g/mol. The smallest absolute Gasteiger partial charge is 0.349 e. The second-order valence-electron chi connectivity index (χ2n) is 4.98. The summed E-state index contributed by atoms with van der Waals surface area (Å²) in [5.74, 6) is -2.96. The average molecular weight is 309 g/mol. The van der Waals surface area contributed by atoms with Gasteiger partial charge >= 0.3 is 17.9 Å². The summed E-state index contributed by atoms with van der Waals surface area (Å²) in [5, 5.41) is 0. The van der Waals surface area contributed by atoms with Gasteiger partial charge in [-0.05, 0) is 12.1 Å². The SMILES string of the molecule is NC[C@]1(F)C(=O)O[C@@H]2COC(=O)c3ccccc3C(=O)O[C@H]21. The molecule has 8 heteroatoms. The summed E-state index contributed by atoms with van der Waals surface area (Å²) >= 11 is 0. The lowest BCUT2D eigenvalue weighted by atomic mass is 9.98. The molecular formula is C14H12FNO6. The fraction of sp³-hybridized carbons (Fsp3) is 0.357. The number of halogens is 1. The summed E-state index contributed by atoms with van der Waals surface area (Å²) < 4.78 is 29.5. The molecule has 3 atom stereocenters. The number of alkyl halides is 1. The van der Waals surface area contributed by atoms with Gasteiger partial charge in [0, 0.05) is 6.54 Å². The Morgan fingerprint density at radius 2 is 1.77 bits per heavy atom. The molecule has 0 aromatic heterocycles. The molecule has 0 amide bonds. The number of ether oxygens (including phenoxy) is 3. The first-order chi connectivity index (χ1) is 10.5. The van der Waals surface area contributed by atoms with Crippen LogP contribution in [-0.2, 0) is 19.0 Å². The van der Waals surface area contributed by atoms with Crippen molar-refractivity contribution in [2.45, 2.75) is 17.9 Å². The van der Waals surface area contributed by atoms with Crippen molar-refractivity contribution in [1.29, 1.82) is 0 Å². The molecule has 0 spiro atoms. The molecule has 0 bridgehead atoms. The molecule has 1 aromatic carbocycles. The summed E-state index contributed by atoms with van der Waals surface area (Å²) in [5.41, 5.74) is 2.55. The van der Waals surface area contributed by atoms with Crippen LogP contribution in [0.2, 0.25) is 0 Å². The standard InChI is InChI=1S/C14H12FNO6/c15-14(6-16)10-9(21-13(14)19)5-20-11(17)7-3-1-2-4-8(7)12(18)22-10/h1-4,9-10H,5-6,16H2/t9-,10-,14-/m1/s1. The predicted octanol–water partition coefficient (Wildman–Crippen LogP) is -0.0252. The topological polar surface area (TPSA) is 105 Å². The predicted molar refractivity (Wildman–Crippen MR) is 68.7 cm³/mol. The number of carbonyl (C=O) groups is 3. The zero-order valence-corrected chi connectivity index (χ0v) is 11.3. The van der Waals surface area contributed by atoms with E-state index < -0.39 is 48.9 Å². The van der Waals surface area contributed by atoms with Gasteiger partial charge in [-0.3, -0.25) is 0 Å². The Labute approximate surface area is 124 Å². The summed E-state index contributed by atoms with van der Waals surface area (Å²) in [4.78, 5) is 35.8. The average Bonchev–Trinajstić information content (AvgIpc) is 2.78. The van der Waals surface area contributed by atoms with Gasteiger partial charge in [0.1, 0.15) is 6.61 Å². The molecule has 2 N–H and O–H groups in total. The van der Waals surface area contributed by atoms with E-state index in [1.807, 2.05) is 0 Å². The number of carbonyl (C=O) groups excluding carboxylic acids is 3. The van der Waals surface area contributed by atoms with Crippen molar-refractivity contribution in [1.82, 2.24) is 0 Å². The number of fused-ring (bicyclic) bond motifs is 2. The fourth-order valence-corrected chi connectivity index (χ4v) is 2.45. The summed E-state index contributed by atoms with van der Waals surface area (Å²) in [6.45, 7) is -1.14. The van der Waals surface area contributed by atoms with E-state index in [4.69, 9.17) is 19.9 Å². The molecule has 0 radical (unpaired) electrons. The van der Waals surface area contributed by atoms with Gasteiger partial charge in [0.15, 0.2) is 12.2 Å². The van der Waals surface area contributed by atoms with Gasteiger partial charge in [0.2, 0.25) is 0 Å². The number of esters is 3. The number of cyclic esters (lactones) is 1. The lowest BCUT2D eigenvalue weighted by Crippen LogP contribution is -2.51. The van der Waals surface area contributed by atoms with Crippen LogP contribution in [0.15, 0.2) is 24.3 Å². The Kier molecular flexibility index (Phi) is 3.32. The second kappa shape index (κ2) is 5.06. The van der Waals surface area contributed by atoms with Crippen molar-refractivity contribution in [3.8, 4) is 0 Å². The third kappa shape index (κ3) is 2.03. The van der Waals surface area contributed by atoms with Crippen molar-refractivity contribution < 1.29 is 33.0 Å². The Bertz CT molecular complexity index is 662. The van der Waals surface area contributed by atoms with Crippen LogP contribution in [0.3, 0.4) is 0 Å². The summed E-state index contributed by atoms with van der Waals surface area (Å²) in [6, 6.07) is 5.80. The maximum Gasteiger partial charge on any atom is 0.349 e. The quantitative estimate of drug-likeness (QED) is 0.574. The molecule has 0 saturated carbocycles. The van der Waals surface area contributed by atoms with Gasteiger partial charge in [-0.15, -0.1) is 0 Å². The molecule has 7 nitrogen and oxygen atoms in total. The minimum atomic E-state index is -2.66. The van der Waals surface area contributed by atoms with Crippen LogP contribution in [0.4, 0.5) is 4.39 Å². The highest BCUT2D eigenvalue weighted by atomic mass is 19.1. The van der Waals surface area contributed by atoms with Crippen LogP contribution < -0.4 is 5.73 Å². The highest BCUT2D eigenvalue weighted by Gasteiger charge is 2.61. The zero-order valence-electron chi connectivity index (χ0n) is 11.3. The number of benzene rings is 1. The highest BCUT2D eigenvalue weighted by Crippen LogP contribution is 2.34. The van der Waals surface area contributed by atoms with Crippen LogP contribution in [0.1, 0.15) is 20.7 Å². The van der Waals surface area contributed by atoms with Crippen LogP contribution >= 0.6 is 0 Å². The van der Waals surface area contributed by atoms with Crippen molar-refractivity contribution >= 4 is 17.9 Å². The highest BCUT2D eigenvalue weighted by molar-refractivity contribution is 6.03. The lowest BCUT2D eigenvalue weighted by molar-refractivity contribution is -0.150. The molecule has 1 saturated heterocycles. The van der Waals surface area contributed by atoms with E-state index in [2.05, 4.69) is 0 Å². The van der Waals surface area contributed by atoms with Gasteiger partial charge in [-0.1, -0.05) is 12.1 Å². The minimum Gasteiger partial charge on any atom is -0.458 e. The molecule has 2 aliphatic rings. The Balaban J connectivity index is 2.03. The van der Waals surface area contributed by atoms with E-state index in [1.165, 1.54) is 18.2 Å². The number of rotatable bonds is 1. The molecule has 0 unspecified atom stereocenters. The van der Waals surface area contributed by atoms with E-state index in [0.717, 1.165) is 0 Å². The van der Waals surface area contributed by atoms with Gasteiger partial charge in [-0.25, -0.2) is 18.8 Å². The molecule has 2 aliphatic heterocycles. The molecule has 0 aliphatic carbocycles. The molecule has 2 heterocycles. The van der Waals surface area contributed by atoms with Crippen molar-refractivity contribution in [2.24, 2.45) is 5.73 Å². The van der Waals surface area contributed by atoms with Gasteiger partial charge < -0.3 is 19.9 Å². The zero-order chi connectivity index (χ0) is 15.9. The molecule has 116 valence electrons. The van der Waals surface area contributed by atoms with E-state index in [9.17, 15) is 18.8 Å². The first-order valence-electron chi connectivity index (χ1n) is 6.54. The van der Waals surface area contributed by atoms with Crippen molar-refractivity contribution in [2.75, 3.05) is 13.2 Å². The van der Waals surface area contributed by atoms with Crippen molar-refractivity contribution in [3.63, 3.8) is 0 Å². The van der Waals surface area contributed by atoms with E-state index >= 15 is 0 Å². The minimum absolute atomic E-state index is 0.00370. The molecule has 1 aromatic rings. The largest absolute Gasteiger partial charge is 0.458 e. The summed E-state index contributed by atoms with van der Waals surface area (Å²) in [6.07, 6.45) is -2.81. The van der Waals surface area contributed by atoms with E-state index in [0.29, 0.717) is 0 Å². The van der Waals surface area contributed by atoms with E-state index in [1.54, 1.807) is 6.07 Å². The Hall–Kier alpha value is -2.48. The van der Waals surface area contributed by atoms with Gasteiger partial charge in [0.25, 0.3) is 5.67 Å². The number of hydrogen-bond acceptors (Lipinski definition) is 7.